The fraction of sp³-hybridized carbons (Fsp3) is 0.190. The largest absolute Gasteiger partial charge is 0.355 e. The molecule has 0 radical (unpaired) electrons. The van der Waals surface area contributed by atoms with Gasteiger partial charge in [0.25, 0.3) is 5.13 Å². The van der Waals surface area contributed by atoms with Crippen molar-refractivity contribution in [1.82, 2.24) is 10.3 Å². The van der Waals surface area contributed by atoms with E-state index in [9.17, 15) is 4.79 Å². The quantitative estimate of drug-likeness (QED) is 0.643. The van der Waals surface area contributed by atoms with Crippen molar-refractivity contribution >= 4 is 38.4 Å². The van der Waals surface area contributed by atoms with Crippen LogP contribution in [0.4, 0.5) is 5.13 Å². The number of hydrogen-bond acceptors (Lipinski definition) is 5. The molecule has 0 amide bonds. The first kappa shape index (κ1) is 16.2. The van der Waals surface area contributed by atoms with E-state index in [2.05, 4.69) is 44.9 Å². The molecule has 0 unspecified atom stereocenters. The highest BCUT2D eigenvalue weighted by molar-refractivity contribution is 7.22. The number of anilines is 1. The van der Waals surface area contributed by atoms with Gasteiger partial charge in [0, 0.05) is 6.42 Å². The number of fused-ring (bicyclic) bond motifs is 2. The summed E-state index contributed by atoms with van der Waals surface area (Å²) in [6.07, 6.45) is 3.53. The summed E-state index contributed by atoms with van der Waals surface area (Å²) in [4.78, 5) is 20.8. The molecular formula is C21H19N4OS+. The van der Waals surface area contributed by atoms with Crippen LogP contribution in [-0.2, 0) is 4.79 Å². The van der Waals surface area contributed by atoms with Crippen LogP contribution >= 0.6 is 11.3 Å². The van der Waals surface area contributed by atoms with Crippen molar-refractivity contribution in [3.63, 3.8) is 0 Å². The van der Waals surface area contributed by atoms with Crippen LogP contribution in [0, 0.1) is 5.92 Å². The lowest BCUT2D eigenvalue weighted by Crippen LogP contribution is -2.84. The Hall–Kier alpha value is -2.99. The number of hydrogen-bond donors (Lipinski definition) is 3. The average molecular weight is 375 g/mol. The second-order valence-electron chi connectivity index (χ2n) is 6.79. The summed E-state index contributed by atoms with van der Waals surface area (Å²) in [5.41, 5.74) is 3.06. The monoisotopic (exact) mass is 375 g/mol. The van der Waals surface area contributed by atoms with Gasteiger partial charge in [-0.05, 0) is 30.2 Å². The number of nitrogens with one attached hydrogen (secondary N) is 3. The molecule has 1 aromatic heterocycles. The van der Waals surface area contributed by atoms with Crippen molar-refractivity contribution in [1.29, 1.82) is 0 Å². The molecule has 5 nitrogen and oxygen atoms in total. The molecule has 1 aliphatic carbocycles. The molecule has 2 heterocycles. The number of Topliss-reactive ketones (excluding diaryl/α,β-unsaturated/α-hetero) is 1. The summed E-state index contributed by atoms with van der Waals surface area (Å²) in [5, 5.41) is 7.57. The normalized spacial score (nSPS) is 21.9. The molecule has 2 aliphatic rings. The Labute approximate surface area is 160 Å². The Bertz CT molecular complexity index is 1040. The topological polar surface area (TPSA) is 68.0 Å². The number of carbonyl (C=O) groups excluding carboxylic acids is 1. The maximum atomic E-state index is 12.6. The number of carbonyl (C=O) groups is 1. The zero-order valence-electron chi connectivity index (χ0n) is 14.6. The molecule has 27 heavy (non-hydrogen) atoms. The molecule has 0 saturated heterocycles. The van der Waals surface area contributed by atoms with E-state index in [1.54, 1.807) is 11.3 Å². The SMILES string of the molecule is O=C1CCC=C2NC(Nc3nc4ccccc4s3)=[NH+][C@H](c3ccccc3)[C@@H]12. The van der Waals surface area contributed by atoms with Crippen LogP contribution in [0.15, 0.2) is 66.4 Å². The number of nitrogens with zero attached hydrogens (tertiary/aromatic N) is 1. The summed E-state index contributed by atoms with van der Waals surface area (Å²) in [6, 6.07) is 18.1. The van der Waals surface area contributed by atoms with Gasteiger partial charge in [0.1, 0.15) is 17.7 Å². The van der Waals surface area contributed by atoms with E-state index >= 15 is 0 Å². The molecule has 6 heteroatoms. The first-order valence-corrected chi connectivity index (χ1v) is 9.90. The van der Waals surface area contributed by atoms with E-state index in [1.807, 2.05) is 36.4 Å². The van der Waals surface area contributed by atoms with Gasteiger partial charge < -0.3 is 0 Å². The molecule has 0 fully saturated rings. The first-order chi connectivity index (χ1) is 13.3. The predicted molar refractivity (Wildman–Crippen MR) is 107 cm³/mol. The minimum Gasteiger partial charge on any atom is -0.299 e. The fourth-order valence-corrected chi connectivity index (χ4v) is 4.65. The van der Waals surface area contributed by atoms with E-state index in [0.717, 1.165) is 39.0 Å². The van der Waals surface area contributed by atoms with Crippen LogP contribution in [0.3, 0.4) is 0 Å². The molecule has 2 aromatic carbocycles. The summed E-state index contributed by atoms with van der Waals surface area (Å²) in [6.45, 7) is 0. The standard InChI is InChI=1S/C21H18N4OS/c26-16-11-6-10-15-18(16)19(13-7-2-1-3-8-13)24-20(22-15)25-21-23-14-9-4-5-12-17(14)27-21/h1-5,7-10,12,18-19H,6,11H2,(H2,22,23,24,25)/p+1/t18-,19-/m1/s1. The minimum absolute atomic E-state index is 0.0941. The van der Waals surface area contributed by atoms with Crippen molar-refractivity contribution in [2.24, 2.45) is 5.92 Å². The summed E-state index contributed by atoms with van der Waals surface area (Å²) < 4.78 is 1.14. The van der Waals surface area contributed by atoms with E-state index < -0.39 is 0 Å². The van der Waals surface area contributed by atoms with Crippen LogP contribution in [0.1, 0.15) is 24.4 Å². The van der Waals surface area contributed by atoms with Gasteiger partial charge in [-0.25, -0.2) is 15.6 Å². The fourth-order valence-electron chi connectivity index (χ4n) is 3.78. The van der Waals surface area contributed by atoms with Gasteiger partial charge in [0.15, 0.2) is 0 Å². The highest BCUT2D eigenvalue weighted by atomic mass is 32.1. The number of guanidine groups is 1. The Balaban J connectivity index is 1.52. The smallest absolute Gasteiger partial charge is 0.299 e. The van der Waals surface area contributed by atoms with Crippen molar-refractivity contribution in [2.75, 3.05) is 5.32 Å². The number of benzene rings is 2. The van der Waals surface area contributed by atoms with Gasteiger partial charge in [-0.2, -0.15) is 0 Å². The molecule has 3 aromatic rings. The molecule has 134 valence electrons. The van der Waals surface area contributed by atoms with E-state index in [1.165, 1.54) is 0 Å². The lowest BCUT2D eigenvalue weighted by molar-refractivity contribution is -0.522. The van der Waals surface area contributed by atoms with Gasteiger partial charge in [-0.3, -0.25) is 9.79 Å². The maximum absolute atomic E-state index is 12.6. The third-order valence-electron chi connectivity index (χ3n) is 5.02. The third-order valence-corrected chi connectivity index (χ3v) is 5.98. The molecular weight excluding hydrogens is 356 g/mol. The number of aromatic nitrogens is 1. The second kappa shape index (κ2) is 6.63. The molecule has 2 atom stereocenters. The third kappa shape index (κ3) is 3.02. The highest BCUT2D eigenvalue weighted by Gasteiger charge is 2.41. The van der Waals surface area contributed by atoms with Crippen molar-refractivity contribution in [2.45, 2.75) is 18.9 Å². The van der Waals surface area contributed by atoms with E-state index in [-0.39, 0.29) is 17.7 Å². The Morgan fingerprint density at radius 1 is 1.11 bits per heavy atom. The highest BCUT2D eigenvalue weighted by Crippen LogP contribution is 2.31. The summed E-state index contributed by atoms with van der Waals surface area (Å²) in [7, 11) is 0. The summed E-state index contributed by atoms with van der Waals surface area (Å²) in [5.74, 6) is 0.863. The Morgan fingerprint density at radius 2 is 1.93 bits per heavy atom. The van der Waals surface area contributed by atoms with E-state index in [4.69, 9.17) is 0 Å². The van der Waals surface area contributed by atoms with Gasteiger partial charge in [0.2, 0.25) is 0 Å². The Morgan fingerprint density at radius 3 is 2.78 bits per heavy atom. The van der Waals surface area contributed by atoms with Crippen LogP contribution in [-0.4, -0.2) is 16.7 Å². The lowest BCUT2D eigenvalue weighted by atomic mass is 9.81. The molecule has 1 aliphatic heterocycles. The number of ketones is 1. The van der Waals surface area contributed by atoms with Crippen LogP contribution in [0.25, 0.3) is 10.2 Å². The Kier molecular flexibility index (Phi) is 3.98. The van der Waals surface area contributed by atoms with Gasteiger partial charge in [0.05, 0.1) is 15.9 Å². The molecule has 0 spiro atoms. The average Bonchev–Trinajstić information content (AvgIpc) is 3.10. The zero-order chi connectivity index (χ0) is 18.2. The predicted octanol–water partition coefficient (Wildman–Crippen LogP) is 2.35. The van der Waals surface area contributed by atoms with E-state index in [0.29, 0.717) is 6.42 Å². The van der Waals surface area contributed by atoms with Gasteiger partial charge in [-0.15, -0.1) is 0 Å². The molecule has 3 N–H and O–H groups in total. The number of allylic oxidation sites excluding steroid dienone is 1. The van der Waals surface area contributed by atoms with Gasteiger partial charge in [-0.1, -0.05) is 53.8 Å². The number of thiazole rings is 1. The van der Waals surface area contributed by atoms with Crippen molar-refractivity contribution < 1.29 is 9.79 Å². The second-order valence-corrected chi connectivity index (χ2v) is 7.82. The zero-order valence-corrected chi connectivity index (χ0v) is 15.4. The minimum atomic E-state index is -0.179. The first-order valence-electron chi connectivity index (χ1n) is 9.09. The summed E-state index contributed by atoms with van der Waals surface area (Å²) >= 11 is 1.61. The van der Waals surface area contributed by atoms with Gasteiger partial charge >= 0.3 is 5.96 Å². The van der Waals surface area contributed by atoms with Crippen LogP contribution < -0.4 is 15.6 Å². The molecule has 0 bridgehead atoms. The van der Waals surface area contributed by atoms with Crippen LogP contribution in [0.2, 0.25) is 0 Å². The van der Waals surface area contributed by atoms with Crippen LogP contribution in [0.5, 0.6) is 0 Å². The maximum Gasteiger partial charge on any atom is 0.355 e. The van der Waals surface area contributed by atoms with Crippen molar-refractivity contribution in [3.05, 3.63) is 71.9 Å². The van der Waals surface area contributed by atoms with Crippen molar-refractivity contribution in [3.8, 4) is 0 Å². The number of rotatable bonds is 2. The number of para-hydroxylation sites is 1. The molecule has 5 rings (SSSR count). The lowest BCUT2D eigenvalue weighted by Gasteiger charge is -2.30. The molecule has 0 saturated carbocycles.